The van der Waals surface area contributed by atoms with Crippen LogP contribution >= 0.6 is 0 Å². The highest BCUT2D eigenvalue weighted by Crippen LogP contribution is 2.16. The van der Waals surface area contributed by atoms with E-state index in [1.807, 2.05) is 12.1 Å². The summed E-state index contributed by atoms with van der Waals surface area (Å²) in [6, 6.07) is 10.2. The van der Waals surface area contributed by atoms with Crippen molar-refractivity contribution >= 4 is 11.6 Å². The first-order chi connectivity index (χ1) is 12.1. The molecule has 0 saturated heterocycles. The van der Waals surface area contributed by atoms with E-state index in [9.17, 15) is 13.6 Å². The molecule has 0 spiro atoms. The van der Waals surface area contributed by atoms with Gasteiger partial charge in [0.05, 0.1) is 11.8 Å². The second kappa shape index (κ2) is 7.23. The molecule has 0 radical (unpaired) electrons. The number of halogens is 2. The van der Waals surface area contributed by atoms with Gasteiger partial charge in [0.25, 0.3) is 5.91 Å². The van der Waals surface area contributed by atoms with Crippen LogP contribution in [0.1, 0.15) is 15.9 Å². The summed E-state index contributed by atoms with van der Waals surface area (Å²) in [5.41, 5.74) is 1.84. The highest BCUT2D eigenvalue weighted by Gasteiger charge is 2.12. The van der Waals surface area contributed by atoms with Crippen molar-refractivity contribution in [1.82, 2.24) is 9.78 Å². The van der Waals surface area contributed by atoms with E-state index in [2.05, 4.69) is 10.4 Å². The molecule has 2 N–H and O–H groups in total. The maximum Gasteiger partial charge on any atom is 0.258 e. The van der Waals surface area contributed by atoms with Crippen molar-refractivity contribution in [3.05, 3.63) is 77.6 Å². The fourth-order valence-electron chi connectivity index (χ4n) is 2.33. The van der Waals surface area contributed by atoms with Crippen LogP contribution < -0.4 is 5.32 Å². The van der Waals surface area contributed by atoms with Gasteiger partial charge in [-0.2, -0.15) is 5.10 Å². The molecule has 0 aliphatic heterocycles. The second-order valence-electron chi connectivity index (χ2n) is 5.39. The third-order valence-electron chi connectivity index (χ3n) is 3.61. The Labute approximate surface area is 142 Å². The zero-order valence-corrected chi connectivity index (χ0v) is 13.1. The number of aliphatic hydroxyl groups is 1. The molecule has 128 valence electrons. The lowest BCUT2D eigenvalue weighted by Gasteiger charge is -2.05. The Hall–Kier alpha value is -3.06. The van der Waals surface area contributed by atoms with E-state index in [-0.39, 0.29) is 17.9 Å². The lowest BCUT2D eigenvalue weighted by atomic mass is 10.1. The monoisotopic (exact) mass is 343 g/mol. The molecule has 5 nitrogen and oxygen atoms in total. The van der Waals surface area contributed by atoms with Gasteiger partial charge in [-0.3, -0.25) is 4.79 Å². The summed E-state index contributed by atoms with van der Waals surface area (Å²) in [6.45, 7) is 0.0604. The van der Waals surface area contributed by atoms with Crippen molar-refractivity contribution in [3.63, 3.8) is 0 Å². The number of hydrogen-bond acceptors (Lipinski definition) is 3. The number of benzene rings is 2. The number of amides is 1. The lowest BCUT2D eigenvalue weighted by molar-refractivity contribution is 0.102. The van der Waals surface area contributed by atoms with E-state index in [4.69, 9.17) is 5.11 Å². The SMILES string of the molecule is O=C(Nc1ccc(CCO)cc1)c1cnn(-c2ccc(F)cc2F)c1. The Kier molecular flexibility index (Phi) is 4.85. The zero-order chi connectivity index (χ0) is 17.8. The summed E-state index contributed by atoms with van der Waals surface area (Å²) in [5, 5.41) is 15.5. The highest BCUT2D eigenvalue weighted by atomic mass is 19.1. The molecule has 0 aliphatic rings. The fraction of sp³-hybridized carbons (Fsp3) is 0.111. The number of aromatic nitrogens is 2. The first-order valence-electron chi connectivity index (χ1n) is 7.58. The van der Waals surface area contributed by atoms with Crippen LogP contribution in [0.25, 0.3) is 5.69 Å². The van der Waals surface area contributed by atoms with Crippen molar-refractivity contribution in [2.45, 2.75) is 6.42 Å². The van der Waals surface area contributed by atoms with Crippen LogP contribution in [-0.4, -0.2) is 27.4 Å². The Bertz CT molecular complexity index is 892. The van der Waals surface area contributed by atoms with Crippen molar-refractivity contribution in [1.29, 1.82) is 0 Å². The van der Waals surface area contributed by atoms with Gasteiger partial charge < -0.3 is 10.4 Å². The molecule has 0 atom stereocenters. The molecular formula is C18H15F2N3O2. The molecule has 7 heteroatoms. The van der Waals surface area contributed by atoms with Crippen LogP contribution in [-0.2, 0) is 6.42 Å². The number of carbonyl (C=O) groups is 1. The van der Waals surface area contributed by atoms with E-state index < -0.39 is 17.5 Å². The number of nitrogens with zero attached hydrogens (tertiary/aromatic N) is 2. The number of rotatable bonds is 5. The fourth-order valence-corrected chi connectivity index (χ4v) is 2.33. The number of anilines is 1. The Morgan fingerprint density at radius 3 is 2.60 bits per heavy atom. The molecule has 1 aromatic heterocycles. The smallest absolute Gasteiger partial charge is 0.258 e. The molecule has 3 rings (SSSR count). The molecule has 0 fully saturated rings. The molecule has 3 aromatic rings. The lowest BCUT2D eigenvalue weighted by Crippen LogP contribution is -2.11. The van der Waals surface area contributed by atoms with Gasteiger partial charge in [-0.05, 0) is 36.2 Å². The normalized spacial score (nSPS) is 10.7. The van der Waals surface area contributed by atoms with Gasteiger partial charge in [0.15, 0.2) is 5.82 Å². The van der Waals surface area contributed by atoms with Gasteiger partial charge in [0.1, 0.15) is 11.5 Å². The maximum absolute atomic E-state index is 13.8. The van der Waals surface area contributed by atoms with Crippen LogP contribution in [0, 0.1) is 11.6 Å². The maximum atomic E-state index is 13.8. The minimum Gasteiger partial charge on any atom is -0.396 e. The molecular weight excluding hydrogens is 328 g/mol. The standard InChI is InChI=1S/C18H15F2N3O2/c19-14-3-6-17(16(20)9-14)23-11-13(10-21-23)18(25)22-15-4-1-12(2-5-15)7-8-24/h1-6,9-11,24H,7-8H2,(H,22,25). The van der Waals surface area contributed by atoms with Gasteiger partial charge in [0.2, 0.25) is 0 Å². The van der Waals surface area contributed by atoms with Gasteiger partial charge in [-0.15, -0.1) is 0 Å². The Morgan fingerprint density at radius 2 is 1.92 bits per heavy atom. The van der Waals surface area contributed by atoms with E-state index in [1.165, 1.54) is 23.1 Å². The Balaban J connectivity index is 1.74. The number of nitrogens with one attached hydrogen (secondary N) is 1. The average Bonchev–Trinajstić information content (AvgIpc) is 3.07. The average molecular weight is 343 g/mol. The number of carbonyl (C=O) groups excluding carboxylic acids is 1. The highest BCUT2D eigenvalue weighted by molar-refractivity contribution is 6.03. The van der Waals surface area contributed by atoms with Crippen molar-refractivity contribution in [2.24, 2.45) is 0 Å². The van der Waals surface area contributed by atoms with Crippen LogP contribution in [0.3, 0.4) is 0 Å². The first kappa shape index (κ1) is 16.8. The van der Waals surface area contributed by atoms with E-state index >= 15 is 0 Å². The minimum atomic E-state index is -0.769. The van der Waals surface area contributed by atoms with Gasteiger partial charge in [0, 0.05) is 24.6 Å². The number of aliphatic hydroxyl groups excluding tert-OH is 1. The third-order valence-corrected chi connectivity index (χ3v) is 3.61. The summed E-state index contributed by atoms with van der Waals surface area (Å²) in [7, 11) is 0. The summed E-state index contributed by atoms with van der Waals surface area (Å²) >= 11 is 0. The van der Waals surface area contributed by atoms with Gasteiger partial charge >= 0.3 is 0 Å². The molecule has 1 amide bonds. The Morgan fingerprint density at radius 1 is 1.16 bits per heavy atom. The first-order valence-corrected chi connectivity index (χ1v) is 7.58. The predicted molar refractivity (Wildman–Crippen MR) is 88.7 cm³/mol. The third kappa shape index (κ3) is 3.89. The zero-order valence-electron chi connectivity index (χ0n) is 13.1. The number of hydrogen-bond donors (Lipinski definition) is 2. The van der Waals surface area contributed by atoms with E-state index in [0.717, 1.165) is 17.7 Å². The van der Waals surface area contributed by atoms with Crippen LogP contribution in [0.4, 0.5) is 14.5 Å². The van der Waals surface area contributed by atoms with E-state index in [0.29, 0.717) is 12.1 Å². The molecule has 0 saturated carbocycles. The molecule has 1 heterocycles. The van der Waals surface area contributed by atoms with Crippen molar-refractivity contribution in [3.8, 4) is 5.69 Å². The van der Waals surface area contributed by atoms with Crippen molar-refractivity contribution < 1.29 is 18.7 Å². The van der Waals surface area contributed by atoms with Crippen molar-refractivity contribution in [2.75, 3.05) is 11.9 Å². The summed E-state index contributed by atoms with van der Waals surface area (Å²) in [5.74, 6) is -1.85. The van der Waals surface area contributed by atoms with E-state index in [1.54, 1.807) is 12.1 Å². The van der Waals surface area contributed by atoms with Crippen LogP contribution in [0.5, 0.6) is 0 Å². The quantitative estimate of drug-likeness (QED) is 0.748. The molecule has 0 aliphatic carbocycles. The summed E-state index contributed by atoms with van der Waals surface area (Å²) in [4.78, 5) is 12.3. The van der Waals surface area contributed by atoms with Crippen LogP contribution in [0.15, 0.2) is 54.9 Å². The molecule has 25 heavy (non-hydrogen) atoms. The minimum absolute atomic E-state index is 0.0498. The molecule has 0 bridgehead atoms. The molecule has 0 unspecified atom stereocenters. The van der Waals surface area contributed by atoms with Gasteiger partial charge in [-0.1, -0.05) is 12.1 Å². The largest absolute Gasteiger partial charge is 0.396 e. The topological polar surface area (TPSA) is 67.2 Å². The molecule has 2 aromatic carbocycles. The second-order valence-corrected chi connectivity index (χ2v) is 5.39. The van der Waals surface area contributed by atoms with Gasteiger partial charge in [-0.25, -0.2) is 13.5 Å². The summed E-state index contributed by atoms with van der Waals surface area (Å²) < 4.78 is 27.9. The predicted octanol–water partition coefficient (Wildman–Crippen LogP) is 2.94. The van der Waals surface area contributed by atoms with Crippen LogP contribution in [0.2, 0.25) is 0 Å². The summed E-state index contributed by atoms with van der Waals surface area (Å²) in [6.07, 6.45) is 3.22.